The van der Waals surface area contributed by atoms with Gasteiger partial charge in [0.15, 0.2) is 0 Å². The van der Waals surface area contributed by atoms with E-state index in [0.717, 1.165) is 6.61 Å². The third-order valence-corrected chi connectivity index (χ3v) is 2.81. The molecule has 1 aliphatic rings. The third kappa shape index (κ3) is 2.06. The van der Waals surface area contributed by atoms with Crippen LogP contribution < -0.4 is 0 Å². The first-order valence-corrected chi connectivity index (χ1v) is 4.52. The average Bonchev–Trinajstić information content (AvgIpc) is 1.95. The zero-order valence-corrected chi connectivity index (χ0v) is 7.44. The largest absolute Gasteiger partial charge is 0.377 e. The molecule has 0 atom stereocenters. The Bertz CT molecular complexity index is 119. The Morgan fingerprint density at radius 1 is 1.55 bits per heavy atom. The summed E-state index contributed by atoms with van der Waals surface area (Å²) in [6.07, 6.45) is 7.21. The van der Waals surface area contributed by atoms with Crippen LogP contribution in [0, 0.1) is 5.41 Å². The van der Waals surface area contributed by atoms with E-state index < -0.39 is 0 Å². The van der Waals surface area contributed by atoms with Crippen molar-refractivity contribution in [2.75, 3.05) is 13.2 Å². The van der Waals surface area contributed by atoms with Gasteiger partial charge in [-0.1, -0.05) is 19.4 Å². The van der Waals surface area contributed by atoms with Crippen LogP contribution in [0.1, 0.15) is 32.6 Å². The molecule has 1 heteroatoms. The Balaban J connectivity index is 2.16. The molecule has 1 nitrogen and oxygen atoms in total. The van der Waals surface area contributed by atoms with Crippen molar-refractivity contribution >= 4 is 0 Å². The first-order chi connectivity index (χ1) is 5.33. The summed E-state index contributed by atoms with van der Waals surface area (Å²) < 4.78 is 5.46. The van der Waals surface area contributed by atoms with Gasteiger partial charge in [-0.2, -0.15) is 0 Å². The minimum absolute atomic E-state index is 0.545. The maximum Gasteiger partial charge on any atom is 0.0645 e. The van der Waals surface area contributed by atoms with Crippen molar-refractivity contribution in [1.82, 2.24) is 0 Å². The monoisotopic (exact) mass is 154 g/mol. The molecule has 0 aliphatic heterocycles. The Kier molecular flexibility index (Phi) is 3.13. The highest BCUT2D eigenvalue weighted by molar-refractivity contribution is 4.86. The lowest BCUT2D eigenvalue weighted by Gasteiger charge is -2.40. The lowest BCUT2D eigenvalue weighted by atomic mass is 9.68. The number of ether oxygens (including phenoxy) is 1. The Morgan fingerprint density at radius 3 is 2.64 bits per heavy atom. The summed E-state index contributed by atoms with van der Waals surface area (Å²) in [5, 5.41) is 0. The van der Waals surface area contributed by atoms with Crippen LogP contribution in [0.5, 0.6) is 0 Å². The fourth-order valence-electron chi connectivity index (χ4n) is 1.64. The van der Waals surface area contributed by atoms with Crippen molar-refractivity contribution in [3.63, 3.8) is 0 Å². The molecule has 0 N–H and O–H groups in total. The summed E-state index contributed by atoms with van der Waals surface area (Å²) in [6, 6.07) is 0. The Morgan fingerprint density at radius 2 is 2.27 bits per heavy atom. The minimum atomic E-state index is 0.545. The van der Waals surface area contributed by atoms with Crippen LogP contribution in [0.25, 0.3) is 0 Å². The normalized spacial score (nSPS) is 20.8. The molecule has 64 valence electrons. The molecule has 0 saturated heterocycles. The highest BCUT2D eigenvalue weighted by Gasteiger charge is 2.34. The van der Waals surface area contributed by atoms with Gasteiger partial charge in [0.25, 0.3) is 0 Å². The van der Waals surface area contributed by atoms with Crippen molar-refractivity contribution < 1.29 is 4.74 Å². The molecule has 0 aromatic carbocycles. The molecule has 1 rings (SSSR count). The van der Waals surface area contributed by atoms with Gasteiger partial charge in [-0.3, -0.25) is 0 Å². The molecule has 0 unspecified atom stereocenters. The fourth-order valence-corrected chi connectivity index (χ4v) is 1.64. The van der Waals surface area contributed by atoms with Crippen molar-refractivity contribution in [2.45, 2.75) is 32.6 Å². The topological polar surface area (TPSA) is 9.23 Å². The van der Waals surface area contributed by atoms with Crippen LogP contribution in [0.15, 0.2) is 12.7 Å². The van der Waals surface area contributed by atoms with Crippen molar-refractivity contribution in [3.8, 4) is 0 Å². The van der Waals surface area contributed by atoms with E-state index >= 15 is 0 Å². The quantitative estimate of drug-likeness (QED) is 0.437. The zero-order chi connectivity index (χ0) is 8.16. The first-order valence-electron chi connectivity index (χ1n) is 4.52. The van der Waals surface area contributed by atoms with Gasteiger partial charge in [0.2, 0.25) is 0 Å². The second-order valence-electron chi connectivity index (χ2n) is 3.51. The van der Waals surface area contributed by atoms with Crippen LogP contribution in [-0.4, -0.2) is 13.2 Å². The average molecular weight is 154 g/mol. The molecular formula is C10H18O. The summed E-state index contributed by atoms with van der Waals surface area (Å²) in [5.41, 5.74) is 0.545. The van der Waals surface area contributed by atoms with Crippen LogP contribution >= 0.6 is 0 Å². The van der Waals surface area contributed by atoms with E-state index in [0.29, 0.717) is 12.0 Å². The lowest BCUT2D eigenvalue weighted by molar-refractivity contribution is 0.00140. The molecule has 0 bridgehead atoms. The maximum absolute atomic E-state index is 5.46. The van der Waals surface area contributed by atoms with E-state index in [1.165, 1.54) is 25.7 Å². The molecule has 0 radical (unpaired) electrons. The van der Waals surface area contributed by atoms with E-state index in [2.05, 4.69) is 13.5 Å². The van der Waals surface area contributed by atoms with Gasteiger partial charge in [-0.05, 0) is 24.7 Å². The second-order valence-corrected chi connectivity index (χ2v) is 3.51. The van der Waals surface area contributed by atoms with Gasteiger partial charge in [0, 0.05) is 0 Å². The summed E-state index contributed by atoms with van der Waals surface area (Å²) >= 11 is 0. The lowest BCUT2D eigenvalue weighted by Crippen LogP contribution is -2.33. The van der Waals surface area contributed by atoms with Crippen LogP contribution in [-0.2, 0) is 4.74 Å². The molecule has 1 saturated carbocycles. The predicted octanol–water partition coefficient (Wildman–Crippen LogP) is 2.77. The number of hydrogen-bond acceptors (Lipinski definition) is 1. The summed E-state index contributed by atoms with van der Waals surface area (Å²) in [6.45, 7) is 7.54. The van der Waals surface area contributed by atoms with Gasteiger partial charge in [0.05, 0.1) is 13.2 Å². The van der Waals surface area contributed by atoms with Crippen LogP contribution in [0.2, 0.25) is 0 Å². The minimum Gasteiger partial charge on any atom is -0.377 e. The predicted molar refractivity (Wildman–Crippen MR) is 47.6 cm³/mol. The smallest absolute Gasteiger partial charge is 0.0645 e. The highest BCUT2D eigenvalue weighted by atomic mass is 16.5. The molecule has 1 fully saturated rings. The SMILES string of the molecule is C=CCOCC1(CC)CCC1. The second kappa shape index (κ2) is 3.91. The van der Waals surface area contributed by atoms with Crippen molar-refractivity contribution in [3.05, 3.63) is 12.7 Å². The zero-order valence-electron chi connectivity index (χ0n) is 7.44. The molecule has 0 heterocycles. The first kappa shape index (κ1) is 8.79. The summed E-state index contributed by atoms with van der Waals surface area (Å²) in [7, 11) is 0. The summed E-state index contributed by atoms with van der Waals surface area (Å²) in [5.74, 6) is 0. The van der Waals surface area contributed by atoms with E-state index in [1.54, 1.807) is 0 Å². The number of hydrogen-bond donors (Lipinski definition) is 0. The Hall–Kier alpha value is -0.300. The number of rotatable bonds is 5. The van der Waals surface area contributed by atoms with Gasteiger partial charge in [-0.25, -0.2) is 0 Å². The molecular weight excluding hydrogens is 136 g/mol. The van der Waals surface area contributed by atoms with Gasteiger partial charge in [-0.15, -0.1) is 6.58 Å². The molecule has 11 heavy (non-hydrogen) atoms. The van der Waals surface area contributed by atoms with Crippen LogP contribution in [0.4, 0.5) is 0 Å². The molecule has 0 spiro atoms. The Labute approximate surface area is 69.4 Å². The van der Waals surface area contributed by atoms with Crippen molar-refractivity contribution in [1.29, 1.82) is 0 Å². The third-order valence-electron chi connectivity index (χ3n) is 2.81. The van der Waals surface area contributed by atoms with Crippen LogP contribution in [0.3, 0.4) is 0 Å². The van der Waals surface area contributed by atoms with Crippen molar-refractivity contribution in [2.24, 2.45) is 5.41 Å². The molecule has 0 aromatic heterocycles. The molecule has 0 aromatic rings. The summed E-state index contributed by atoms with van der Waals surface area (Å²) in [4.78, 5) is 0. The van der Waals surface area contributed by atoms with Gasteiger partial charge in [0.1, 0.15) is 0 Å². The van der Waals surface area contributed by atoms with E-state index in [4.69, 9.17) is 4.74 Å². The van der Waals surface area contributed by atoms with Gasteiger partial charge < -0.3 is 4.74 Å². The maximum atomic E-state index is 5.46. The van der Waals surface area contributed by atoms with Gasteiger partial charge >= 0.3 is 0 Å². The molecule has 1 aliphatic carbocycles. The fraction of sp³-hybridized carbons (Fsp3) is 0.800. The van der Waals surface area contributed by atoms with E-state index in [9.17, 15) is 0 Å². The van der Waals surface area contributed by atoms with E-state index in [-0.39, 0.29) is 0 Å². The molecule has 0 amide bonds. The van der Waals surface area contributed by atoms with E-state index in [1.807, 2.05) is 6.08 Å². The standard InChI is InChI=1S/C10H18O/c1-3-8-11-9-10(4-2)6-5-7-10/h3H,1,4-9H2,2H3. The highest BCUT2D eigenvalue weighted by Crippen LogP contribution is 2.43.